The number of carbonyl (C=O) groups excluding carboxylic acids is 1. The summed E-state index contributed by atoms with van der Waals surface area (Å²) in [6.07, 6.45) is -1.34. The number of Topliss-reactive ketones (excluding diaryl/α,β-unsaturated/α-hetero) is 1. The lowest BCUT2D eigenvalue weighted by atomic mass is 10.1. The lowest BCUT2D eigenvalue weighted by molar-refractivity contribution is 0.0927. The van der Waals surface area contributed by atoms with Crippen LogP contribution in [0.25, 0.3) is 0 Å². The van der Waals surface area contributed by atoms with Gasteiger partial charge in [-0.1, -0.05) is 30.3 Å². The normalized spacial score (nSPS) is 11.7. The number of rotatable bonds is 3. The Morgan fingerprint density at radius 1 is 1.46 bits per heavy atom. The molecule has 0 fully saturated rings. The molecule has 0 heterocycles. The van der Waals surface area contributed by atoms with Crippen molar-refractivity contribution in [2.45, 2.75) is 12.5 Å². The van der Waals surface area contributed by atoms with Gasteiger partial charge in [-0.3, -0.25) is 4.79 Å². The molecule has 1 unspecified atom stereocenters. The summed E-state index contributed by atoms with van der Waals surface area (Å²) in [7, 11) is 0. The number of hydrogen-bond acceptors (Lipinski definition) is 3. The number of aliphatic hydroxyl groups excluding tert-OH is 1. The van der Waals surface area contributed by atoms with Gasteiger partial charge in [0.25, 0.3) is 0 Å². The van der Waals surface area contributed by atoms with E-state index in [2.05, 4.69) is 0 Å². The molecule has 0 saturated heterocycles. The second-order valence-electron chi connectivity index (χ2n) is 2.64. The van der Waals surface area contributed by atoms with Gasteiger partial charge in [0.1, 0.15) is 6.10 Å². The molecule has 1 atom stereocenters. The molecule has 0 aliphatic carbocycles. The summed E-state index contributed by atoms with van der Waals surface area (Å²) < 4.78 is 0. The minimum Gasteiger partial charge on any atom is -0.378 e. The summed E-state index contributed by atoms with van der Waals surface area (Å²) in [4.78, 5) is 11.3. The van der Waals surface area contributed by atoms with E-state index in [1.165, 1.54) is 0 Å². The summed E-state index contributed by atoms with van der Waals surface area (Å²) in [5.41, 5.74) is 0.525. The maximum absolute atomic E-state index is 11.3. The van der Waals surface area contributed by atoms with E-state index in [-0.39, 0.29) is 12.2 Å². The average molecular weight is 175 g/mol. The Morgan fingerprint density at radius 3 is 2.62 bits per heavy atom. The molecule has 1 N–H and O–H groups in total. The standard InChI is InChI=1S/C10H9NO2/c11-7-9(12)6-10(13)8-4-2-1-3-5-8/h1-5,9,12H,6H2. The van der Waals surface area contributed by atoms with Crippen molar-refractivity contribution in [3.8, 4) is 6.07 Å². The van der Waals surface area contributed by atoms with Crippen LogP contribution in [-0.2, 0) is 0 Å². The molecule has 0 aromatic heterocycles. The number of benzene rings is 1. The van der Waals surface area contributed by atoms with Crippen molar-refractivity contribution >= 4 is 5.78 Å². The second-order valence-corrected chi connectivity index (χ2v) is 2.64. The number of nitriles is 1. The Morgan fingerprint density at radius 2 is 2.08 bits per heavy atom. The first kappa shape index (κ1) is 9.43. The van der Waals surface area contributed by atoms with Gasteiger partial charge in [-0.2, -0.15) is 5.26 Å². The summed E-state index contributed by atoms with van der Waals surface area (Å²) in [6, 6.07) is 10.2. The third kappa shape index (κ3) is 2.69. The Bertz CT molecular complexity index is 327. The summed E-state index contributed by atoms with van der Waals surface area (Å²) in [5, 5.41) is 17.2. The molecule has 0 bridgehead atoms. The molecule has 13 heavy (non-hydrogen) atoms. The molecule has 66 valence electrons. The van der Waals surface area contributed by atoms with Crippen molar-refractivity contribution in [3.63, 3.8) is 0 Å². The van der Waals surface area contributed by atoms with E-state index in [1.54, 1.807) is 36.4 Å². The van der Waals surface area contributed by atoms with Crippen molar-refractivity contribution in [2.24, 2.45) is 0 Å². The van der Waals surface area contributed by atoms with Crippen LogP contribution < -0.4 is 0 Å². The van der Waals surface area contributed by atoms with Gasteiger partial charge in [-0.15, -0.1) is 0 Å². The number of hydrogen-bond donors (Lipinski definition) is 1. The topological polar surface area (TPSA) is 61.1 Å². The first-order chi connectivity index (χ1) is 6.24. The lowest BCUT2D eigenvalue weighted by Gasteiger charge is -2.00. The highest BCUT2D eigenvalue weighted by atomic mass is 16.3. The lowest BCUT2D eigenvalue weighted by Crippen LogP contribution is -2.10. The number of nitrogens with zero attached hydrogens (tertiary/aromatic N) is 1. The van der Waals surface area contributed by atoms with Crippen molar-refractivity contribution in [1.29, 1.82) is 5.26 Å². The van der Waals surface area contributed by atoms with Crippen LogP contribution in [0, 0.1) is 11.3 Å². The fourth-order valence-corrected chi connectivity index (χ4v) is 0.963. The highest BCUT2D eigenvalue weighted by Gasteiger charge is 2.10. The minimum atomic E-state index is -1.20. The summed E-state index contributed by atoms with van der Waals surface area (Å²) in [6.45, 7) is 0. The molecule has 1 rings (SSSR count). The van der Waals surface area contributed by atoms with Crippen LogP contribution in [0.3, 0.4) is 0 Å². The Labute approximate surface area is 76.2 Å². The van der Waals surface area contributed by atoms with Gasteiger partial charge in [0.2, 0.25) is 0 Å². The number of carbonyl (C=O) groups is 1. The molecular weight excluding hydrogens is 166 g/mol. The van der Waals surface area contributed by atoms with Gasteiger partial charge >= 0.3 is 0 Å². The zero-order valence-electron chi connectivity index (χ0n) is 6.97. The maximum atomic E-state index is 11.3. The molecule has 0 aliphatic rings. The van der Waals surface area contributed by atoms with Crippen molar-refractivity contribution in [1.82, 2.24) is 0 Å². The zero-order valence-corrected chi connectivity index (χ0v) is 6.97. The summed E-state index contributed by atoms with van der Waals surface area (Å²) in [5.74, 6) is -0.213. The Hall–Kier alpha value is -1.66. The molecular formula is C10H9NO2. The molecule has 0 spiro atoms. The van der Waals surface area contributed by atoms with Gasteiger partial charge in [0.15, 0.2) is 5.78 Å². The van der Waals surface area contributed by atoms with Crippen molar-refractivity contribution in [3.05, 3.63) is 35.9 Å². The quantitative estimate of drug-likeness (QED) is 0.553. The van der Waals surface area contributed by atoms with E-state index in [0.29, 0.717) is 5.56 Å². The highest BCUT2D eigenvalue weighted by Crippen LogP contribution is 2.04. The van der Waals surface area contributed by atoms with E-state index in [1.807, 2.05) is 0 Å². The van der Waals surface area contributed by atoms with Gasteiger partial charge in [-0.25, -0.2) is 0 Å². The molecule has 0 saturated carbocycles. The molecule has 0 amide bonds. The largest absolute Gasteiger partial charge is 0.378 e. The third-order valence-corrected chi connectivity index (χ3v) is 1.62. The molecule has 3 nitrogen and oxygen atoms in total. The van der Waals surface area contributed by atoms with E-state index in [4.69, 9.17) is 10.4 Å². The third-order valence-electron chi connectivity index (χ3n) is 1.62. The summed E-state index contributed by atoms with van der Waals surface area (Å²) >= 11 is 0. The predicted octanol–water partition coefficient (Wildman–Crippen LogP) is 1.14. The van der Waals surface area contributed by atoms with Crippen LogP contribution in [0.1, 0.15) is 16.8 Å². The van der Waals surface area contributed by atoms with Crippen LogP contribution >= 0.6 is 0 Å². The van der Waals surface area contributed by atoms with Gasteiger partial charge < -0.3 is 5.11 Å². The van der Waals surface area contributed by atoms with E-state index in [9.17, 15) is 4.79 Å². The van der Waals surface area contributed by atoms with Crippen molar-refractivity contribution in [2.75, 3.05) is 0 Å². The smallest absolute Gasteiger partial charge is 0.166 e. The number of ketones is 1. The molecule has 1 aromatic carbocycles. The fourth-order valence-electron chi connectivity index (χ4n) is 0.963. The van der Waals surface area contributed by atoms with Crippen LogP contribution in [0.15, 0.2) is 30.3 Å². The van der Waals surface area contributed by atoms with E-state index >= 15 is 0 Å². The molecule has 1 aromatic rings. The Kier molecular flexibility index (Phi) is 3.18. The van der Waals surface area contributed by atoms with Crippen LogP contribution in [-0.4, -0.2) is 17.0 Å². The maximum Gasteiger partial charge on any atom is 0.166 e. The number of aliphatic hydroxyl groups is 1. The molecule has 3 heteroatoms. The predicted molar refractivity (Wildman–Crippen MR) is 47.0 cm³/mol. The van der Waals surface area contributed by atoms with Crippen molar-refractivity contribution < 1.29 is 9.90 Å². The van der Waals surface area contributed by atoms with Crippen LogP contribution in [0.5, 0.6) is 0 Å². The van der Waals surface area contributed by atoms with E-state index in [0.717, 1.165) is 0 Å². The van der Waals surface area contributed by atoms with E-state index < -0.39 is 6.10 Å². The highest BCUT2D eigenvalue weighted by molar-refractivity contribution is 5.96. The molecule has 0 radical (unpaired) electrons. The SMILES string of the molecule is N#CC(O)CC(=O)c1ccccc1. The monoisotopic (exact) mass is 175 g/mol. The average Bonchev–Trinajstić information content (AvgIpc) is 2.19. The van der Waals surface area contributed by atoms with Gasteiger partial charge in [0, 0.05) is 5.56 Å². The first-order valence-corrected chi connectivity index (χ1v) is 3.90. The minimum absolute atomic E-state index is 0.138. The zero-order chi connectivity index (χ0) is 9.68. The molecule has 0 aliphatic heterocycles. The Balaban J connectivity index is 2.66. The van der Waals surface area contributed by atoms with Gasteiger partial charge in [0.05, 0.1) is 12.5 Å². The first-order valence-electron chi connectivity index (χ1n) is 3.90. The fraction of sp³-hybridized carbons (Fsp3) is 0.200. The van der Waals surface area contributed by atoms with Crippen LogP contribution in [0.4, 0.5) is 0 Å². The van der Waals surface area contributed by atoms with Crippen LogP contribution in [0.2, 0.25) is 0 Å². The second kappa shape index (κ2) is 4.39. The van der Waals surface area contributed by atoms with Gasteiger partial charge in [-0.05, 0) is 0 Å².